The lowest BCUT2D eigenvalue weighted by molar-refractivity contribution is -0.293. The number of epoxide rings is 1. The number of esters is 2. The zero-order chi connectivity index (χ0) is 23.6. The monoisotopic (exact) mass is 464 g/mol. The lowest BCUT2D eigenvalue weighted by Gasteiger charge is -2.64. The lowest BCUT2D eigenvalue weighted by atomic mass is 9.41. The molecule has 182 valence electrons. The molecule has 9 heteroatoms. The Hall–Kier alpha value is -1.94. The number of ether oxygens (including phenoxy) is 4. The topological polar surface area (TPSA) is 128 Å². The van der Waals surface area contributed by atoms with Crippen molar-refractivity contribution in [3.8, 4) is 0 Å². The highest BCUT2D eigenvalue weighted by atomic mass is 16.6. The summed E-state index contributed by atoms with van der Waals surface area (Å²) in [4.78, 5) is 24.1. The summed E-state index contributed by atoms with van der Waals surface area (Å²) < 4.78 is 28.7. The van der Waals surface area contributed by atoms with Gasteiger partial charge in [-0.3, -0.25) is 9.59 Å². The Morgan fingerprint density at radius 3 is 2.61 bits per heavy atom. The number of hydrogen-bond acceptors (Lipinski definition) is 9. The number of aliphatic hydroxyl groups is 2. The van der Waals surface area contributed by atoms with E-state index >= 15 is 0 Å². The molecule has 0 amide bonds. The lowest BCUT2D eigenvalue weighted by Crippen LogP contribution is -2.73. The molecule has 9 atom stereocenters. The minimum atomic E-state index is -1.17. The van der Waals surface area contributed by atoms with Crippen LogP contribution < -0.4 is 0 Å². The fraction of sp³-hybridized carbons (Fsp3) is 0.750. The van der Waals surface area contributed by atoms with Crippen LogP contribution in [0.4, 0.5) is 0 Å². The van der Waals surface area contributed by atoms with Crippen LogP contribution in [-0.4, -0.2) is 59.5 Å². The van der Waals surface area contributed by atoms with E-state index in [1.165, 1.54) is 13.8 Å². The highest BCUT2D eigenvalue weighted by molar-refractivity contribution is 5.67. The quantitative estimate of drug-likeness (QED) is 0.508. The first-order valence-electron chi connectivity index (χ1n) is 11.7. The molecule has 4 fully saturated rings. The summed E-state index contributed by atoms with van der Waals surface area (Å²) in [6, 6.07) is 1.81. The second kappa shape index (κ2) is 7.80. The maximum atomic E-state index is 12.2. The van der Waals surface area contributed by atoms with E-state index in [2.05, 4.69) is 0 Å². The van der Waals surface area contributed by atoms with Crippen LogP contribution in [-0.2, 0) is 28.5 Å². The average molecular weight is 465 g/mol. The minimum Gasteiger partial charge on any atom is -0.472 e. The van der Waals surface area contributed by atoms with E-state index in [0.29, 0.717) is 25.9 Å². The molecule has 0 radical (unpaired) electrons. The number of hydrogen-bond donors (Lipinski definition) is 2. The fourth-order valence-corrected chi connectivity index (χ4v) is 7.33. The first-order chi connectivity index (χ1) is 15.7. The Balaban J connectivity index is 1.65. The maximum absolute atomic E-state index is 12.2. The molecule has 1 aromatic heterocycles. The van der Waals surface area contributed by atoms with Crippen LogP contribution >= 0.6 is 0 Å². The third-order valence-electron chi connectivity index (χ3n) is 8.88. The molecule has 3 heterocycles. The molecule has 2 aliphatic carbocycles. The van der Waals surface area contributed by atoms with Crippen LogP contribution in [0.15, 0.2) is 23.0 Å². The largest absolute Gasteiger partial charge is 0.472 e. The van der Waals surface area contributed by atoms with E-state index in [1.54, 1.807) is 18.6 Å². The summed E-state index contributed by atoms with van der Waals surface area (Å²) in [5.41, 5.74) is -1.76. The number of furan rings is 1. The van der Waals surface area contributed by atoms with Crippen LogP contribution in [0, 0.1) is 22.7 Å². The predicted octanol–water partition coefficient (Wildman–Crippen LogP) is 2.11. The van der Waals surface area contributed by atoms with E-state index in [-0.39, 0.29) is 12.5 Å². The van der Waals surface area contributed by atoms with Crippen molar-refractivity contribution in [2.45, 2.75) is 76.7 Å². The summed E-state index contributed by atoms with van der Waals surface area (Å²) in [5, 5.41) is 23.0. The van der Waals surface area contributed by atoms with Crippen LogP contribution in [0.2, 0.25) is 0 Å². The molecule has 33 heavy (non-hydrogen) atoms. The molecule has 5 rings (SSSR count). The Bertz CT molecular complexity index is 909. The van der Waals surface area contributed by atoms with Gasteiger partial charge in [-0.25, -0.2) is 0 Å². The van der Waals surface area contributed by atoms with Crippen molar-refractivity contribution >= 4 is 11.9 Å². The number of rotatable bonds is 4. The average Bonchev–Trinajstić information content (AvgIpc) is 3.19. The number of fused-ring (bicyclic) bond motifs is 3. The third kappa shape index (κ3) is 3.12. The molecule has 2 spiro atoms. The standard InChI is InChI=1S/C24H32O9/c1-13-19(27)20(32-15(3)26)24(12-30-14(2)25)18(5-4-7-22(24)11-31-22)23(13)9-17(33-21(23)28)16-6-8-29-10-16/h6,8,10,13,17-21,27-28H,4-5,7,9,11-12H2,1-3H3/t13-,17+,18-,19+,20+,21+,22+,23-,24+/m1/s1. The van der Waals surface area contributed by atoms with Crippen molar-refractivity contribution in [3.63, 3.8) is 0 Å². The van der Waals surface area contributed by atoms with Gasteiger partial charge in [0, 0.05) is 24.8 Å². The molecule has 9 nitrogen and oxygen atoms in total. The van der Waals surface area contributed by atoms with Crippen molar-refractivity contribution in [2.75, 3.05) is 13.2 Å². The SMILES string of the molecule is CC(=O)OC[C@@]12[C@H](CCC[C@]13CO3)[C@@]1(C[C@@H](c3ccoc3)O[C@@H]1O)[C@H](C)[C@H](O)[C@@H]2OC(C)=O. The Kier molecular flexibility index (Phi) is 5.39. The van der Waals surface area contributed by atoms with E-state index in [4.69, 9.17) is 23.4 Å². The van der Waals surface area contributed by atoms with E-state index < -0.39 is 58.9 Å². The number of carbonyl (C=O) groups excluding carboxylic acids is 2. The Labute approximate surface area is 192 Å². The highest BCUT2D eigenvalue weighted by Gasteiger charge is 2.79. The molecule has 0 unspecified atom stereocenters. The van der Waals surface area contributed by atoms with Crippen LogP contribution in [0.3, 0.4) is 0 Å². The second-order valence-corrected chi connectivity index (χ2v) is 10.2. The Morgan fingerprint density at radius 1 is 1.24 bits per heavy atom. The van der Waals surface area contributed by atoms with Gasteiger partial charge >= 0.3 is 11.9 Å². The van der Waals surface area contributed by atoms with Crippen molar-refractivity contribution < 1.29 is 43.2 Å². The van der Waals surface area contributed by atoms with Crippen molar-refractivity contribution in [1.29, 1.82) is 0 Å². The van der Waals surface area contributed by atoms with Crippen molar-refractivity contribution in [3.05, 3.63) is 24.2 Å². The van der Waals surface area contributed by atoms with Gasteiger partial charge < -0.3 is 33.6 Å². The molecule has 2 saturated heterocycles. The summed E-state index contributed by atoms with van der Waals surface area (Å²) in [6.45, 7) is 4.86. The van der Waals surface area contributed by atoms with Gasteiger partial charge in [0.15, 0.2) is 6.29 Å². The minimum absolute atomic E-state index is 0.0699. The molecule has 2 N–H and O–H groups in total. The molecular formula is C24H32O9. The van der Waals surface area contributed by atoms with Gasteiger partial charge in [-0.15, -0.1) is 0 Å². The van der Waals surface area contributed by atoms with Gasteiger partial charge in [0.2, 0.25) is 0 Å². The molecule has 2 saturated carbocycles. The van der Waals surface area contributed by atoms with Crippen LogP contribution in [0.25, 0.3) is 0 Å². The van der Waals surface area contributed by atoms with Gasteiger partial charge in [0.25, 0.3) is 0 Å². The Morgan fingerprint density at radius 2 is 2.00 bits per heavy atom. The molecule has 0 bridgehead atoms. The first-order valence-corrected chi connectivity index (χ1v) is 11.7. The van der Waals surface area contributed by atoms with Gasteiger partial charge in [0.05, 0.1) is 36.8 Å². The van der Waals surface area contributed by atoms with Crippen LogP contribution in [0.1, 0.15) is 58.1 Å². The fourth-order valence-electron chi connectivity index (χ4n) is 7.33. The zero-order valence-electron chi connectivity index (χ0n) is 19.2. The predicted molar refractivity (Wildman–Crippen MR) is 111 cm³/mol. The molecule has 2 aliphatic heterocycles. The first kappa shape index (κ1) is 22.8. The number of aliphatic hydroxyl groups excluding tert-OH is 2. The van der Waals surface area contributed by atoms with E-state index in [9.17, 15) is 19.8 Å². The van der Waals surface area contributed by atoms with E-state index in [1.807, 2.05) is 6.92 Å². The summed E-state index contributed by atoms with van der Waals surface area (Å²) in [6.07, 6.45) is 2.20. The molecule has 1 aromatic rings. The molecule has 4 aliphatic rings. The summed E-state index contributed by atoms with van der Waals surface area (Å²) in [5.74, 6) is -1.73. The maximum Gasteiger partial charge on any atom is 0.303 e. The van der Waals surface area contributed by atoms with E-state index in [0.717, 1.165) is 12.0 Å². The van der Waals surface area contributed by atoms with Gasteiger partial charge in [-0.2, -0.15) is 0 Å². The summed E-state index contributed by atoms with van der Waals surface area (Å²) >= 11 is 0. The van der Waals surface area contributed by atoms with Crippen LogP contribution in [0.5, 0.6) is 0 Å². The van der Waals surface area contributed by atoms with Gasteiger partial charge in [-0.05, 0) is 37.2 Å². The molecule has 0 aromatic carbocycles. The third-order valence-corrected chi connectivity index (χ3v) is 8.88. The second-order valence-electron chi connectivity index (χ2n) is 10.2. The normalized spacial score (nSPS) is 46.2. The molecular weight excluding hydrogens is 432 g/mol. The van der Waals surface area contributed by atoms with Crippen molar-refractivity contribution in [2.24, 2.45) is 22.7 Å². The smallest absolute Gasteiger partial charge is 0.303 e. The zero-order valence-corrected chi connectivity index (χ0v) is 19.2. The van der Waals surface area contributed by atoms with Gasteiger partial charge in [-0.1, -0.05) is 13.3 Å². The van der Waals surface area contributed by atoms with Gasteiger partial charge in [0.1, 0.15) is 18.3 Å². The summed E-state index contributed by atoms with van der Waals surface area (Å²) in [7, 11) is 0. The highest BCUT2D eigenvalue weighted by Crippen LogP contribution is 2.72. The van der Waals surface area contributed by atoms with Crippen molar-refractivity contribution in [1.82, 2.24) is 0 Å². The number of carbonyl (C=O) groups is 2.